The van der Waals surface area contributed by atoms with Gasteiger partial charge in [-0.05, 0) is 121 Å². The zero-order chi connectivity index (χ0) is 27.1. The highest BCUT2D eigenvalue weighted by Gasteiger charge is 2.31. The normalized spacial score (nSPS) is 27.1. The highest BCUT2D eigenvalue weighted by Crippen LogP contribution is 2.44. The van der Waals surface area contributed by atoms with Crippen LogP contribution in [0.4, 0.5) is 0 Å². The Hall–Kier alpha value is -2.60. The lowest BCUT2D eigenvalue weighted by Crippen LogP contribution is -2.27. The molecule has 0 aliphatic heterocycles. The molecule has 1 fully saturated rings. The van der Waals surface area contributed by atoms with Crippen molar-refractivity contribution in [2.24, 2.45) is 35.5 Å². The Morgan fingerprint density at radius 3 is 2.50 bits per heavy atom. The average molecular weight is 505 g/mol. The van der Waals surface area contributed by atoms with Crippen molar-refractivity contribution in [3.05, 3.63) is 100 Å². The number of fused-ring (bicyclic) bond motifs is 1. The molecule has 0 amide bonds. The summed E-state index contributed by atoms with van der Waals surface area (Å²) in [7, 11) is 0. The molecule has 0 radical (unpaired) electrons. The maximum atomic E-state index is 4.45. The summed E-state index contributed by atoms with van der Waals surface area (Å²) in [6.45, 7) is 23.0. The van der Waals surface area contributed by atoms with Crippen LogP contribution >= 0.6 is 0 Å². The first-order valence-electron chi connectivity index (χ1n) is 15.1. The van der Waals surface area contributed by atoms with Crippen LogP contribution in [0.2, 0.25) is 0 Å². The molecular formula is C38H48. The fourth-order valence-corrected chi connectivity index (χ4v) is 7.59. The van der Waals surface area contributed by atoms with Gasteiger partial charge < -0.3 is 0 Å². The third kappa shape index (κ3) is 5.29. The number of rotatable bonds is 6. The molecule has 3 aliphatic rings. The lowest BCUT2D eigenvalue weighted by atomic mass is 9.69. The first-order valence-corrected chi connectivity index (χ1v) is 15.1. The quantitative estimate of drug-likeness (QED) is 0.343. The molecule has 0 spiro atoms. The molecule has 38 heavy (non-hydrogen) atoms. The zero-order valence-electron chi connectivity index (χ0n) is 24.7. The standard InChI is InChI=1S/C38H48/c1-23(2)31-14-15-32(27(6)18-31)22-36-28(7)16-24(3)17-38(36)34-11-9-10-33-19-30(21-37(33)34)20-35-26(5)13-12-25(4)29(35)8/h9-13,16-17,19,23,25,27,31-32,35H,5,8,14-15,18,20-22H2,1-4,6-7H3/t25?,27-,31?,32?,35?/m0/s1. The maximum absolute atomic E-state index is 4.45. The van der Waals surface area contributed by atoms with Crippen LogP contribution in [0.25, 0.3) is 17.2 Å². The van der Waals surface area contributed by atoms with Gasteiger partial charge >= 0.3 is 0 Å². The van der Waals surface area contributed by atoms with Crippen LogP contribution in [0.1, 0.15) is 81.2 Å². The molecule has 0 heteroatoms. The summed E-state index contributed by atoms with van der Waals surface area (Å²) in [6.07, 6.45) is 14.4. The van der Waals surface area contributed by atoms with Crippen LogP contribution in [0.5, 0.6) is 0 Å². The number of aryl methyl sites for hydroxylation is 2. The summed E-state index contributed by atoms with van der Waals surface area (Å²) in [5.74, 6) is 4.09. The Balaban J connectivity index is 1.42. The molecule has 0 bridgehead atoms. The molecule has 2 aromatic carbocycles. The van der Waals surface area contributed by atoms with Gasteiger partial charge in [0, 0.05) is 5.92 Å². The van der Waals surface area contributed by atoms with Gasteiger partial charge in [0.1, 0.15) is 0 Å². The predicted molar refractivity (Wildman–Crippen MR) is 166 cm³/mol. The Labute approximate surface area is 232 Å². The Morgan fingerprint density at radius 2 is 1.76 bits per heavy atom. The van der Waals surface area contributed by atoms with Gasteiger partial charge in [0.25, 0.3) is 0 Å². The van der Waals surface area contributed by atoms with Gasteiger partial charge in [0.15, 0.2) is 0 Å². The van der Waals surface area contributed by atoms with E-state index in [9.17, 15) is 0 Å². The molecule has 5 atom stereocenters. The average Bonchev–Trinajstić information content (AvgIpc) is 3.29. The molecule has 0 N–H and O–H groups in total. The highest BCUT2D eigenvalue weighted by molar-refractivity contribution is 5.80. The zero-order valence-corrected chi connectivity index (χ0v) is 24.7. The van der Waals surface area contributed by atoms with Gasteiger partial charge in [-0.25, -0.2) is 0 Å². The second-order valence-corrected chi connectivity index (χ2v) is 13.3. The van der Waals surface area contributed by atoms with E-state index in [0.29, 0.717) is 11.8 Å². The molecule has 200 valence electrons. The Kier molecular flexibility index (Phi) is 7.72. The lowest BCUT2D eigenvalue weighted by molar-refractivity contribution is 0.159. The molecule has 0 saturated heterocycles. The molecule has 2 aromatic rings. The van der Waals surface area contributed by atoms with Crippen molar-refractivity contribution in [1.82, 2.24) is 0 Å². The number of hydrogen-bond acceptors (Lipinski definition) is 0. The van der Waals surface area contributed by atoms with Crippen LogP contribution in [-0.4, -0.2) is 0 Å². The summed E-state index contributed by atoms with van der Waals surface area (Å²) in [5.41, 5.74) is 14.3. The van der Waals surface area contributed by atoms with Gasteiger partial charge in [-0.3, -0.25) is 0 Å². The summed E-state index contributed by atoms with van der Waals surface area (Å²) in [5, 5.41) is 0. The van der Waals surface area contributed by atoms with Crippen molar-refractivity contribution in [3.63, 3.8) is 0 Å². The highest BCUT2D eigenvalue weighted by atomic mass is 14.4. The summed E-state index contributed by atoms with van der Waals surface area (Å²) < 4.78 is 0. The van der Waals surface area contributed by atoms with Crippen molar-refractivity contribution < 1.29 is 0 Å². The van der Waals surface area contributed by atoms with Crippen LogP contribution in [0.3, 0.4) is 0 Å². The minimum absolute atomic E-state index is 0.359. The van der Waals surface area contributed by atoms with Gasteiger partial charge in [-0.2, -0.15) is 0 Å². The smallest absolute Gasteiger partial charge is 0.00826 e. The topological polar surface area (TPSA) is 0 Å². The summed E-state index contributed by atoms with van der Waals surface area (Å²) in [6, 6.07) is 11.9. The van der Waals surface area contributed by atoms with Gasteiger partial charge in [0.05, 0.1) is 0 Å². The molecular weight excluding hydrogens is 456 g/mol. The van der Waals surface area contributed by atoms with E-state index in [1.165, 1.54) is 75.8 Å². The predicted octanol–water partition coefficient (Wildman–Crippen LogP) is 10.5. The van der Waals surface area contributed by atoms with Gasteiger partial charge in [-0.1, -0.05) is 106 Å². The van der Waals surface area contributed by atoms with Gasteiger partial charge in [0.2, 0.25) is 0 Å². The fourth-order valence-electron chi connectivity index (χ4n) is 7.59. The van der Waals surface area contributed by atoms with Crippen molar-refractivity contribution in [3.8, 4) is 11.1 Å². The molecule has 3 aliphatic carbocycles. The number of hydrogen-bond donors (Lipinski definition) is 0. The minimum Gasteiger partial charge on any atom is -0.0986 e. The van der Waals surface area contributed by atoms with E-state index < -0.39 is 0 Å². The molecule has 0 heterocycles. The third-order valence-electron chi connectivity index (χ3n) is 10.2. The second-order valence-electron chi connectivity index (χ2n) is 13.3. The van der Waals surface area contributed by atoms with Crippen LogP contribution in [-0.2, 0) is 12.8 Å². The molecule has 1 saturated carbocycles. The SMILES string of the molecule is C=C1C=CC(C)C(=C)C1CC1=Cc2cccc(-c3cc(C)cc(C)c3CC3CCC(C(C)C)C[C@@H]3C)c2C1. The first kappa shape index (κ1) is 27.0. The molecule has 0 aromatic heterocycles. The summed E-state index contributed by atoms with van der Waals surface area (Å²) in [4.78, 5) is 0. The van der Waals surface area contributed by atoms with E-state index in [0.717, 1.165) is 36.5 Å². The minimum atomic E-state index is 0.359. The largest absolute Gasteiger partial charge is 0.0986 e. The van der Waals surface area contributed by atoms with Crippen LogP contribution in [0, 0.1) is 49.4 Å². The van der Waals surface area contributed by atoms with Crippen LogP contribution < -0.4 is 0 Å². The number of benzene rings is 2. The molecule has 5 rings (SSSR count). The number of allylic oxidation sites excluding steroid dienone is 5. The van der Waals surface area contributed by atoms with Crippen molar-refractivity contribution >= 4 is 6.08 Å². The van der Waals surface area contributed by atoms with E-state index in [4.69, 9.17) is 0 Å². The van der Waals surface area contributed by atoms with E-state index >= 15 is 0 Å². The van der Waals surface area contributed by atoms with Crippen molar-refractivity contribution in [1.29, 1.82) is 0 Å². The van der Waals surface area contributed by atoms with Crippen molar-refractivity contribution in [2.75, 3.05) is 0 Å². The van der Waals surface area contributed by atoms with Crippen molar-refractivity contribution in [2.45, 2.75) is 80.1 Å². The van der Waals surface area contributed by atoms with E-state index in [1.807, 2.05) is 0 Å². The van der Waals surface area contributed by atoms with Crippen LogP contribution in [0.15, 0.2) is 72.4 Å². The maximum Gasteiger partial charge on any atom is 0.00826 e. The first-order chi connectivity index (χ1) is 18.1. The fraction of sp³-hybridized carbons (Fsp3) is 0.474. The third-order valence-corrected chi connectivity index (χ3v) is 10.2. The Morgan fingerprint density at radius 1 is 0.974 bits per heavy atom. The monoisotopic (exact) mass is 504 g/mol. The van der Waals surface area contributed by atoms with E-state index in [2.05, 4.69) is 103 Å². The molecule has 0 nitrogen and oxygen atoms in total. The van der Waals surface area contributed by atoms with E-state index in [1.54, 1.807) is 5.56 Å². The Bertz CT molecular complexity index is 1300. The second kappa shape index (κ2) is 10.9. The molecule has 4 unspecified atom stereocenters. The summed E-state index contributed by atoms with van der Waals surface area (Å²) >= 11 is 0. The van der Waals surface area contributed by atoms with E-state index in [-0.39, 0.29) is 0 Å². The van der Waals surface area contributed by atoms with Gasteiger partial charge in [-0.15, -0.1) is 0 Å². The lowest BCUT2D eigenvalue weighted by Gasteiger charge is -2.37.